The third kappa shape index (κ3) is 4.81. The number of nitrogens with two attached hydrogens (primary N) is 1. The van der Waals surface area contributed by atoms with Crippen LogP contribution in [0, 0.1) is 3.57 Å². The molecule has 29 heavy (non-hydrogen) atoms. The zero-order chi connectivity index (χ0) is 19.7. The van der Waals surface area contributed by atoms with Gasteiger partial charge in [-0.25, -0.2) is 15.0 Å². The first-order valence-electron chi connectivity index (χ1n) is 9.00. The molecule has 0 saturated heterocycles. The normalized spacial score (nSPS) is 12.6. The highest BCUT2D eigenvalue weighted by molar-refractivity contribution is 14.1. The molecule has 0 bridgehead atoms. The van der Waals surface area contributed by atoms with E-state index in [0.717, 1.165) is 50.3 Å². The van der Waals surface area contributed by atoms with Crippen LogP contribution >= 0.6 is 46.8 Å². The molecular weight excluding hydrogens is 527 g/mol. The number of hydrogen-bond donors (Lipinski definition) is 2. The van der Waals surface area contributed by atoms with E-state index < -0.39 is 0 Å². The smallest absolute Gasteiger partial charge is 0.231 e. The molecule has 0 unspecified atom stereocenters. The van der Waals surface area contributed by atoms with Crippen LogP contribution in [0.5, 0.6) is 11.5 Å². The van der Waals surface area contributed by atoms with Crippen LogP contribution in [0.2, 0.25) is 0 Å². The summed E-state index contributed by atoms with van der Waals surface area (Å²) in [5, 5.41) is 4.28. The van der Waals surface area contributed by atoms with Crippen LogP contribution in [0.25, 0.3) is 11.2 Å². The third-order valence-electron chi connectivity index (χ3n) is 4.26. The molecule has 2 aromatic heterocycles. The Bertz CT molecular complexity index is 1020. The van der Waals surface area contributed by atoms with Gasteiger partial charge in [-0.15, -0.1) is 12.4 Å². The second-order valence-electron chi connectivity index (χ2n) is 6.68. The molecule has 0 aliphatic carbocycles. The Balaban J connectivity index is 0.00000240. The molecule has 0 radical (unpaired) electrons. The number of aryl methyl sites for hydroxylation is 1. The van der Waals surface area contributed by atoms with E-state index >= 15 is 0 Å². The van der Waals surface area contributed by atoms with Crippen molar-refractivity contribution in [1.29, 1.82) is 0 Å². The molecule has 0 fully saturated rings. The van der Waals surface area contributed by atoms with Gasteiger partial charge >= 0.3 is 0 Å². The maximum Gasteiger partial charge on any atom is 0.231 e. The molecule has 4 rings (SSSR count). The molecule has 3 N–H and O–H groups in total. The quantitative estimate of drug-likeness (QED) is 0.341. The van der Waals surface area contributed by atoms with Gasteiger partial charge in [-0.1, -0.05) is 25.6 Å². The molecule has 8 nitrogen and oxygen atoms in total. The van der Waals surface area contributed by atoms with E-state index in [1.165, 1.54) is 6.33 Å². The predicted octanol–water partition coefficient (Wildman–Crippen LogP) is 3.70. The minimum atomic E-state index is 0. The third-order valence-corrected chi connectivity index (χ3v) is 6.58. The minimum absolute atomic E-state index is 0. The maximum absolute atomic E-state index is 6.04. The number of nitrogens with one attached hydrogen (secondary N) is 1. The average molecular weight is 549 g/mol. The number of hydrogen-bond acceptors (Lipinski definition) is 8. The number of fused-ring (bicyclic) bond motifs is 2. The van der Waals surface area contributed by atoms with Crippen LogP contribution < -0.4 is 20.5 Å². The van der Waals surface area contributed by atoms with Crippen molar-refractivity contribution in [2.75, 3.05) is 19.1 Å². The Hall–Kier alpha value is -1.50. The molecule has 11 heteroatoms. The SMILES string of the molecule is CC(C)NCCCn1c(Sc2cc3c(cc2I)OCO3)nc2c(N)ncnc21.Cl. The number of rotatable bonds is 7. The highest BCUT2D eigenvalue weighted by Gasteiger charge is 2.20. The van der Waals surface area contributed by atoms with Gasteiger partial charge in [-0.3, -0.25) is 0 Å². The molecule has 156 valence electrons. The molecule has 0 atom stereocenters. The summed E-state index contributed by atoms with van der Waals surface area (Å²) in [7, 11) is 0. The molecule has 0 amide bonds. The molecule has 3 heterocycles. The summed E-state index contributed by atoms with van der Waals surface area (Å²) in [6, 6.07) is 4.44. The van der Waals surface area contributed by atoms with Gasteiger partial charge in [-0.2, -0.15) is 0 Å². The first kappa shape index (κ1) is 22.2. The Morgan fingerprint density at radius 3 is 2.79 bits per heavy atom. The van der Waals surface area contributed by atoms with Crippen molar-refractivity contribution < 1.29 is 9.47 Å². The van der Waals surface area contributed by atoms with Gasteiger partial charge in [0.15, 0.2) is 33.6 Å². The lowest BCUT2D eigenvalue weighted by Gasteiger charge is -2.11. The Morgan fingerprint density at radius 1 is 1.28 bits per heavy atom. The number of aromatic nitrogens is 4. The number of benzene rings is 1. The number of ether oxygens (including phenoxy) is 2. The van der Waals surface area contributed by atoms with Gasteiger partial charge in [-0.05, 0) is 47.7 Å². The van der Waals surface area contributed by atoms with Crippen LogP contribution in [-0.2, 0) is 6.54 Å². The highest BCUT2D eigenvalue weighted by atomic mass is 127. The number of halogens is 2. The van der Waals surface area contributed by atoms with E-state index in [0.29, 0.717) is 17.4 Å². The van der Waals surface area contributed by atoms with Crippen molar-refractivity contribution in [1.82, 2.24) is 24.8 Å². The van der Waals surface area contributed by atoms with Gasteiger partial charge in [0.2, 0.25) is 6.79 Å². The van der Waals surface area contributed by atoms with E-state index in [9.17, 15) is 0 Å². The van der Waals surface area contributed by atoms with Crippen molar-refractivity contribution in [2.45, 2.75) is 42.9 Å². The number of anilines is 1. The lowest BCUT2D eigenvalue weighted by Crippen LogP contribution is -2.24. The monoisotopic (exact) mass is 548 g/mol. The Kier molecular flexibility index (Phi) is 7.30. The van der Waals surface area contributed by atoms with E-state index in [1.54, 1.807) is 11.8 Å². The van der Waals surface area contributed by atoms with Crippen LogP contribution in [0.1, 0.15) is 20.3 Å². The average Bonchev–Trinajstić information content (AvgIpc) is 3.24. The zero-order valence-electron chi connectivity index (χ0n) is 16.0. The van der Waals surface area contributed by atoms with Crippen LogP contribution in [0.4, 0.5) is 5.82 Å². The molecular formula is C18H22ClIN6O2S. The fourth-order valence-corrected chi connectivity index (χ4v) is 4.63. The first-order chi connectivity index (χ1) is 13.5. The standard InChI is InChI=1S/C18H21IN6O2S.ClH/c1-10(2)21-4-3-5-25-17-15(16(20)22-8-23-17)24-18(25)28-14-7-13-12(6-11(14)19)26-9-27-13;/h6-8,10,21H,3-5,9H2,1-2H3,(H2,20,22,23);1H. The summed E-state index contributed by atoms with van der Waals surface area (Å²) in [6.07, 6.45) is 2.44. The van der Waals surface area contributed by atoms with Crippen molar-refractivity contribution in [3.63, 3.8) is 0 Å². The molecule has 3 aromatic rings. The minimum Gasteiger partial charge on any atom is -0.454 e. The number of nitrogen functional groups attached to an aromatic ring is 1. The summed E-state index contributed by atoms with van der Waals surface area (Å²) in [5.74, 6) is 1.93. The maximum atomic E-state index is 6.04. The summed E-state index contributed by atoms with van der Waals surface area (Å²) < 4.78 is 14.2. The number of imidazole rings is 1. The fourth-order valence-electron chi connectivity index (χ4n) is 2.92. The zero-order valence-corrected chi connectivity index (χ0v) is 19.8. The van der Waals surface area contributed by atoms with Gasteiger partial charge in [0.1, 0.15) is 6.33 Å². The van der Waals surface area contributed by atoms with Crippen molar-refractivity contribution in [3.05, 3.63) is 22.0 Å². The van der Waals surface area contributed by atoms with Crippen molar-refractivity contribution >= 4 is 63.7 Å². The lowest BCUT2D eigenvalue weighted by molar-refractivity contribution is 0.174. The van der Waals surface area contributed by atoms with E-state index in [2.05, 4.69) is 56.3 Å². The summed E-state index contributed by atoms with van der Waals surface area (Å²) in [5.41, 5.74) is 7.44. The molecule has 1 aromatic carbocycles. The molecule has 1 aliphatic heterocycles. The van der Waals surface area contributed by atoms with Crippen LogP contribution in [0.3, 0.4) is 0 Å². The molecule has 0 saturated carbocycles. The predicted molar refractivity (Wildman–Crippen MR) is 124 cm³/mol. The first-order valence-corrected chi connectivity index (χ1v) is 10.9. The van der Waals surface area contributed by atoms with Gasteiger partial charge in [0, 0.05) is 21.1 Å². The lowest BCUT2D eigenvalue weighted by atomic mass is 10.3. The van der Waals surface area contributed by atoms with Crippen molar-refractivity contribution in [2.24, 2.45) is 0 Å². The van der Waals surface area contributed by atoms with Crippen LogP contribution in [0.15, 0.2) is 28.5 Å². The number of nitrogens with zero attached hydrogens (tertiary/aromatic N) is 4. The Morgan fingerprint density at radius 2 is 2.03 bits per heavy atom. The van der Waals surface area contributed by atoms with E-state index in [-0.39, 0.29) is 19.2 Å². The van der Waals surface area contributed by atoms with Gasteiger partial charge < -0.3 is 25.1 Å². The van der Waals surface area contributed by atoms with E-state index in [4.69, 9.17) is 20.2 Å². The summed E-state index contributed by atoms with van der Waals surface area (Å²) in [6.45, 7) is 6.25. The fraction of sp³-hybridized carbons (Fsp3) is 0.389. The van der Waals surface area contributed by atoms with Crippen molar-refractivity contribution in [3.8, 4) is 11.5 Å². The van der Waals surface area contributed by atoms with Gasteiger partial charge in [0.05, 0.1) is 0 Å². The summed E-state index contributed by atoms with van der Waals surface area (Å²) in [4.78, 5) is 14.3. The largest absolute Gasteiger partial charge is 0.454 e. The second-order valence-corrected chi connectivity index (χ2v) is 8.85. The van der Waals surface area contributed by atoms with Crippen LogP contribution in [-0.4, -0.2) is 38.9 Å². The summed E-state index contributed by atoms with van der Waals surface area (Å²) >= 11 is 3.87. The molecule has 1 aliphatic rings. The topological polar surface area (TPSA) is 100 Å². The van der Waals surface area contributed by atoms with Gasteiger partial charge in [0.25, 0.3) is 0 Å². The molecule has 0 spiro atoms. The second kappa shape index (κ2) is 9.54. The Labute approximate surface area is 192 Å². The highest BCUT2D eigenvalue weighted by Crippen LogP contribution is 2.41. The van der Waals surface area contributed by atoms with E-state index in [1.807, 2.05) is 12.1 Å².